The Morgan fingerprint density at radius 3 is 2.38 bits per heavy atom. The minimum atomic E-state index is -5.02. The topological polar surface area (TPSA) is 135 Å². The number of nitrogens with zero attached hydrogens (tertiary/aromatic N) is 3. The van der Waals surface area contributed by atoms with Crippen molar-refractivity contribution in [3.8, 4) is 17.2 Å². The number of para-hydroxylation sites is 1. The van der Waals surface area contributed by atoms with Crippen molar-refractivity contribution in [3.05, 3.63) is 95.1 Å². The molecule has 2 aromatic heterocycles. The van der Waals surface area contributed by atoms with Gasteiger partial charge in [0.05, 0.1) is 28.8 Å². The Bertz CT molecular complexity index is 2050. The number of fused-ring (bicyclic) bond motifs is 1. The molecular weight excluding hydrogens is 596 g/mol. The van der Waals surface area contributed by atoms with E-state index in [2.05, 4.69) is 10.1 Å². The number of carbonyl (C=O) groups excluding carboxylic acids is 3. The van der Waals surface area contributed by atoms with Crippen LogP contribution in [0.1, 0.15) is 34.1 Å². The van der Waals surface area contributed by atoms with E-state index in [0.29, 0.717) is 45.3 Å². The average Bonchev–Trinajstić information content (AvgIpc) is 3.62. The molecule has 0 saturated carbocycles. The first-order chi connectivity index (χ1) is 21.2. The average molecular weight is 621 g/mol. The maximum absolute atomic E-state index is 14.0. The number of urea groups is 1. The molecule has 1 fully saturated rings. The van der Waals surface area contributed by atoms with Gasteiger partial charge in [0.15, 0.2) is 11.6 Å². The zero-order valence-electron chi connectivity index (χ0n) is 23.9. The maximum atomic E-state index is 14.0. The lowest BCUT2D eigenvalue weighted by Crippen LogP contribution is -2.56. The highest BCUT2D eigenvalue weighted by atomic mass is 19.4. The van der Waals surface area contributed by atoms with Gasteiger partial charge in [-0.2, -0.15) is 18.3 Å². The summed E-state index contributed by atoms with van der Waals surface area (Å²) in [4.78, 5) is 42.2. The summed E-state index contributed by atoms with van der Waals surface area (Å²) in [6.45, 7) is 3.91. The molecule has 1 saturated heterocycles. The fourth-order valence-corrected chi connectivity index (χ4v) is 5.15. The fourth-order valence-electron chi connectivity index (χ4n) is 5.15. The Morgan fingerprint density at radius 1 is 1.00 bits per heavy atom. The second-order valence-corrected chi connectivity index (χ2v) is 10.8. The molecule has 14 heteroatoms. The first kappa shape index (κ1) is 29.4. The second kappa shape index (κ2) is 10.2. The molecule has 4 N–H and O–H groups in total. The van der Waals surface area contributed by atoms with Crippen LogP contribution >= 0.6 is 0 Å². The minimum Gasteiger partial charge on any atom is -0.454 e. The third kappa shape index (κ3) is 4.74. The maximum Gasteiger partial charge on any atom is 0.420 e. The lowest BCUT2D eigenvalue weighted by atomic mass is 10.0. The third-order valence-corrected chi connectivity index (χ3v) is 7.69. The van der Waals surface area contributed by atoms with Gasteiger partial charge in [-0.15, -0.1) is 0 Å². The molecule has 10 nitrogen and oxygen atoms in total. The summed E-state index contributed by atoms with van der Waals surface area (Å²) < 4.78 is 61.8. The Balaban J connectivity index is 1.28. The van der Waals surface area contributed by atoms with Gasteiger partial charge in [0.25, 0.3) is 5.91 Å². The summed E-state index contributed by atoms with van der Waals surface area (Å²) >= 11 is 0. The van der Waals surface area contributed by atoms with E-state index in [9.17, 15) is 31.9 Å². The molecule has 1 aliphatic heterocycles. The van der Waals surface area contributed by atoms with E-state index >= 15 is 0 Å². The zero-order valence-corrected chi connectivity index (χ0v) is 23.9. The summed E-state index contributed by atoms with van der Waals surface area (Å²) in [7, 11) is 0. The van der Waals surface area contributed by atoms with E-state index in [4.69, 9.17) is 10.5 Å². The highest BCUT2D eigenvalue weighted by Gasteiger charge is 2.64. The number of benzene rings is 3. The van der Waals surface area contributed by atoms with Crippen LogP contribution in [0.5, 0.6) is 11.5 Å². The molecule has 45 heavy (non-hydrogen) atoms. The lowest BCUT2D eigenvalue weighted by Gasteiger charge is -2.24. The van der Waals surface area contributed by atoms with Crippen molar-refractivity contribution in [3.63, 3.8) is 0 Å². The molecule has 1 atom stereocenters. The number of ether oxygens (including phenoxy) is 1. The number of ketones is 1. The van der Waals surface area contributed by atoms with Gasteiger partial charge in [0, 0.05) is 10.9 Å². The predicted octanol–water partition coefficient (Wildman–Crippen LogP) is 6.09. The fraction of sp³-hybridized carbons (Fsp3) is 0.161. The molecule has 0 bridgehead atoms. The summed E-state index contributed by atoms with van der Waals surface area (Å²) in [6.07, 6.45) is -3.72. The SMILES string of the molecule is Cc1cc2cc(C(=O)c3cnn(-c4ccc(Oc5ccccc5F)cc4C)c3N)[nH]c2cc1N1C(=O)NC(C)(C(F)(F)F)C1=O. The highest BCUT2D eigenvalue weighted by Crippen LogP contribution is 2.39. The van der Waals surface area contributed by atoms with Gasteiger partial charge < -0.3 is 20.8 Å². The minimum absolute atomic E-state index is 0.0344. The Morgan fingerprint density at radius 2 is 1.71 bits per heavy atom. The van der Waals surface area contributed by atoms with Crippen molar-refractivity contribution in [2.75, 3.05) is 10.6 Å². The summed E-state index contributed by atoms with van der Waals surface area (Å²) in [6, 6.07) is 14.1. The second-order valence-electron chi connectivity index (χ2n) is 10.8. The van der Waals surface area contributed by atoms with E-state index in [1.54, 1.807) is 48.6 Å². The number of carbonyl (C=O) groups is 3. The molecular formula is C31H24F4N6O4. The first-order valence-corrected chi connectivity index (χ1v) is 13.5. The van der Waals surface area contributed by atoms with Crippen LogP contribution < -0.4 is 20.7 Å². The van der Waals surface area contributed by atoms with Crippen molar-refractivity contribution in [2.24, 2.45) is 0 Å². The number of alkyl halides is 3. The van der Waals surface area contributed by atoms with Crippen LogP contribution in [0.2, 0.25) is 0 Å². The molecule has 1 aliphatic rings. The van der Waals surface area contributed by atoms with Gasteiger partial charge in [-0.25, -0.2) is 18.8 Å². The smallest absolute Gasteiger partial charge is 0.420 e. The van der Waals surface area contributed by atoms with Crippen molar-refractivity contribution in [2.45, 2.75) is 32.5 Å². The largest absolute Gasteiger partial charge is 0.454 e. The number of anilines is 2. The number of hydrogen-bond acceptors (Lipinski definition) is 6. The van der Waals surface area contributed by atoms with Crippen LogP contribution in [-0.2, 0) is 4.79 Å². The van der Waals surface area contributed by atoms with Gasteiger partial charge in [-0.3, -0.25) is 9.59 Å². The van der Waals surface area contributed by atoms with Crippen molar-refractivity contribution >= 4 is 40.1 Å². The van der Waals surface area contributed by atoms with Crippen molar-refractivity contribution < 1.29 is 36.7 Å². The third-order valence-electron chi connectivity index (χ3n) is 7.69. The van der Waals surface area contributed by atoms with E-state index < -0.39 is 35.3 Å². The number of aryl methyl sites for hydroxylation is 2. The van der Waals surface area contributed by atoms with Crippen LogP contribution in [0.25, 0.3) is 16.6 Å². The molecule has 230 valence electrons. The number of rotatable bonds is 6. The number of H-pyrrole nitrogens is 1. The summed E-state index contributed by atoms with van der Waals surface area (Å²) in [5, 5.41) is 6.53. The Hall–Kier alpha value is -5.66. The molecule has 3 heterocycles. The quantitative estimate of drug-likeness (QED) is 0.119. The first-order valence-electron chi connectivity index (χ1n) is 13.5. The number of nitrogens with one attached hydrogen (secondary N) is 2. The number of hydrogen-bond donors (Lipinski definition) is 3. The molecule has 0 radical (unpaired) electrons. The van der Waals surface area contributed by atoms with Gasteiger partial charge in [0.1, 0.15) is 11.6 Å². The standard InChI is InChI=1S/C31H24F4N6O4/c1-15-10-17-12-22(38-21(17)13-24(15)40-28(43)30(3,31(33,34)35)39-29(40)44)26(42)19-14-37-41(27(19)36)23-9-8-18(11-16(23)2)45-25-7-5-4-6-20(25)32/h4-14,38H,36H2,1-3H3,(H,39,44). The highest BCUT2D eigenvalue weighted by molar-refractivity contribution is 6.24. The molecule has 0 spiro atoms. The number of amides is 3. The molecule has 1 unspecified atom stereocenters. The zero-order chi connectivity index (χ0) is 32.4. The number of imide groups is 1. The lowest BCUT2D eigenvalue weighted by molar-refractivity contribution is -0.187. The monoisotopic (exact) mass is 620 g/mol. The number of nitrogens with two attached hydrogens (primary N) is 1. The van der Waals surface area contributed by atoms with Crippen LogP contribution in [0.15, 0.2) is 66.9 Å². The van der Waals surface area contributed by atoms with Crippen LogP contribution in [0.3, 0.4) is 0 Å². The van der Waals surface area contributed by atoms with Gasteiger partial charge >= 0.3 is 12.2 Å². The van der Waals surface area contributed by atoms with Gasteiger partial charge in [-0.05, 0) is 80.4 Å². The molecule has 0 aliphatic carbocycles. The molecule has 3 amide bonds. The summed E-state index contributed by atoms with van der Waals surface area (Å²) in [5.41, 5.74) is 5.22. The van der Waals surface area contributed by atoms with Crippen molar-refractivity contribution in [1.29, 1.82) is 0 Å². The van der Waals surface area contributed by atoms with E-state index in [1.165, 1.54) is 42.1 Å². The van der Waals surface area contributed by atoms with Crippen LogP contribution in [0, 0.1) is 19.7 Å². The molecule has 5 aromatic rings. The number of aromatic amines is 1. The van der Waals surface area contributed by atoms with Crippen LogP contribution in [-0.4, -0.2) is 44.2 Å². The predicted molar refractivity (Wildman–Crippen MR) is 156 cm³/mol. The summed E-state index contributed by atoms with van der Waals surface area (Å²) in [5.74, 6) is -2.02. The number of nitrogen functional groups attached to an aromatic ring is 1. The Kier molecular flexibility index (Phi) is 6.68. The molecule has 6 rings (SSSR count). The normalized spacial score (nSPS) is 16.8. The molecule has 3 aromatic carbocycles. The van der Waals surface area contributed by atoms with E-state index in [-0.39, 0.29) is 28.5 Å². The van der Waals surface area contributed by atoms with Crippen LogP contribution in [0.4, 0.5) is 33.9 Å². The van der Waals surface area contributed by atoms with Crippen molar-refractivity contribution in [1.82, 2.24) is 20.1 Å². The van der Waals surface area contributed by atoms with E-state index in [0.717, 1.165) is 0 Å². The number of aromatic nitrogens is 3. The van der Waals surface area contributed by atoms with Gasteiger partial charge in [0.2, 0.25) is 11.3 Å². The Labute approximate surface area is 252 Å². The van der Waals surface area contributed by atoms with Gasteiger partial charge in [-0.1, -0.05) is 12.1 Å². The number of halogens is 4. The van der Waals surface area contributed by atoms with E-state index in [1.807, 2.05) is 0 Å².